The summed E-state index contributed by atoms with van der Waals surface area (Å²) < 4.78 is 12.4. The van der Waals surface area contributed by atoms with Crippen molar-refractivity contribution in [2.75, 3.05) is 0 Å². The van der Waals surface area contributed by atoms with Gasteiger partial charge in [0.2, 0.25) is 5.91 Å². The van der Waals surface area contributed by atoms with Crippen molar-refractivity contribution in [3.63, 3.8) is 0 Å². The average molecular weight is 450 g/mol. The van der Waals surface area contributed by atoms with E-state index in [2.05, 4.69) is 4.98 Å². The molecule has 4 aromatic rings. The summed E-state index contributed by atoms with van der Waals surface area (Å²) in [5, 5.41) is 0. The Bertz CT molecular complexity index is 1350. The fraction of sp³-hybridized carbons (Fsp3) is 0.107. The van der Waals surface area contributed by atoms with Crippen molar-refractivity contribution in [2.45, 2.75) is 19.1 Å². The van der Waals surface area contributed by atoms with Gasteiger partial charge in [0, 0.05) is 29.6 Å². The number of nitrogens with zero attached hydrogens (tertiary/aromatic N) is 1. The van der Waals surface area contributed by atoms with E-state index in [-0.39, 0.29) is 18.3 Å². The molecule has 34 heavy (non-hydrogen) atoms. The molecule has 0 radical (unpaired) electrons. The molecule has 2 N–H and O–H groups in total. The summed E-state index contributed by atoms with van der Waals surface area (Å²) in [5.41, 5.74) is 9.65. The van der Waals surface area contributed by atoms with Gasteiger partial charge in [0.1, 0.15) is 24.2 Å². The van der Waals surface area contributed by atoms with Gasteiger partial charge in [-0.3, -0.25) is 14.6 Å². The number of rotatable bonds is 6. The van der Waals surface area contributed by atoms with Crippen LogP contribution in [0.3, 0.4) is 0 Å². The largest absolute Gasteiger partial charge is 0.488 e. The third-order valence-electron chi connectivity index (χ3n) is 5.80. The summed E-state index contributed by atoms with van der Waals surface area (Å²) in [5.74, 6) is 0.482. The van der Waals surface area contributed by atoms with Crippen LogP contribution in [-0.4, -0.2) is 16.7 Å². The first kappa shape index (κ1) is 21.4. The van der Waals surface area contributed by atoms with E-state index < -0.39 is 5.91 Å². The molecule has 0 saturated heterocycles. The first-order valence-electron chi connectivity index (χ1n) is 10.9. The fourth-order valence-corrected chi connectivity index (χ4v) is 4.03. The monoisotopic (exact) mass is 450 g/mol. The highest BCUT2D eigenvalue weighted by molar-refractivity contribution is 6.02. The third kappa shape index (κ3) is 4.38. The quantitative estimate of drug-likeness (QED) is 0.440. The zero-order valence-electron chi connectivity index (χ0n) is 18.3. The lowest BCUT2D eigenvalue weighted by Crippen LogP contribution is -2.20. The fourth-order valence-electron chi connectivity index (χ4n) is 4.03. The number of fused-ring (bicyclic) bond motifs is 1. The van der Waals surface area contributed by atoms with Crippen LogP contribution >= 0.6 is 0 Å². The molecule has 3 aromatic carbocycles. The second-order valence-corrected chi connectivity index (χ2v) is 8.08. The van der Waals surface area contributed by atoms with Crippen LogP contribution in [0, 0.1) is 0 Å². The van der Waals surface area contributed by atoms with Crippen molar-refractivity contribution in [2.24, 2.45) is 5.73 Å². The van der Waals surface area contributed by atoms with Crippen molar-refractivity contribution in [3.8, 4) is 22.6 Å². The molecule has 0 aliphatic carbocycles. The van der Waals surface area contributed by atoms with Crippen molar-refractivity contribution < 1.29 is 19.1 Å². The van der Waals surface area contributed by atoms with Gasteiger partial charge in [0.15, 0.2) is 5.78 Å². The van der Waals surface area contributed by atoms with Gasteiger partial charge in [0.25, 0.3) is 0 Å². The number of hydrogen-bond donors (Lipinski definition) is 1. The Kier molecular flexibility index (Phi) is 5.79. The molecular weight excluding hydrogens is 428 g/mol. The maximum Gasteiger partial charge on any atom is 0.248 e. The van der Waals surface area contributed by atoms with Gasteiger partial charge >= 0.3 is 0 Å². The maximum atomic E-state index is 13.1. The van der Waals surface area contributed by atoms with E-state index in [1.165, 1.54) is 0 Å². The van der Waals surface area contributed by atoms with Crippen molar-refractivity contribution >= 4 is 11.7 Å². The molecule has 1 aliphatic heterocycles. The number of carbonyl (C=O) groups excluding carboxylic acids is 2. The van der Waals surface area contributed by atoms with Gasteiger partial charge in [0.05, 0.1) is 12.0 Å². The molecular formula is C28H22N2O4. The number of amides is 1. The van der Waals surface area contributed by atoms with Gasteiger partial charge in [-0.1, -0.05) is 42.5 Å². The number of Topliss-reactive ketones (excluding diaryl/α,β-unsaturated/α-hetero) is 1. The molecule has 1 atom stereocenters. The normalized spacial score (nSPS) is 14.7. The highest BCUT2D eigenvalue weighted by atomic mass is 16.5. The van der Waals surface area contributed by atoms with E-state index in [4.69, 9.17) is 15.2 Å². The van der Waals surface area contributed by atoms with Gasteiger partial charge in [-0.25, -0.2) is 0 Å². The summed E-state index contributed by atoms with van der Waals surface area (Å²) in [4.78, 5) is 28.9. The number of benzene rings is 3. The SMILES string of the molecule is NC(=O)c1cccc(-c2cc3c(cc2OCc2ccncc2)OC(c2ccccc2)CC3=O)c1. The van der Waals surface area contributed by atoms with Crippen LogP contribution in [0.1, 0.15) is 44.4 Å². The Morgan fingerprint density at radius 1 is 0.971 bits per heavy atom. The zero-order chi connectivity index (χ0) is 23.5. The molecule has 168 valence electrons. The van der Waals surface area contributed by atoms with Gasteiger partial charge in [-0.2, -0.15) is 0 Å². The van der Waals surface area contributed by atoms with Crippen LogP contribution in [0.5, 0.6) is 11.5 Å². The van der Waals surface area contributed by atoms with Crippen LogP contribution in [0.4, 0.5) is 0 Å². The Labute approximate surface area is 197 Å². The minimum absolute atomic E-state index is 0.0110. The molecule has 0 saturated carbocycles. The molecule has 1 aromatic heterocycles. The summed E-state index contributed by atoms with van der Waals surface area (Å²) in [6.07, 6.45) is 3.29. The minimum Gasteiger partial charge on any atom is -0.488 e. The number of aromatic nitrogens is 1. The second-order valence-electron chi connectivity index (χ2n) is 8.08. The second kappa shape index (κ2) is 9.19. The van der Waals surface area contributed by atoms with Crippen molar-refractivity contribution in [3.05, 3.63) is 114 Å². The number of ketones is 1. The smallest absolute Gasteiger partial charge is 0.248 e. The number of carbonyl (C=O) groups is 2. The Balaban J connectivity index is 1.57. The average Bonchev–Trinajstić information content (AvgIpc) is 2.88. The Hall–Kier alpha value is -4.45. The van der Waals surface area contributed by atoms with Gasteiger partial charge in [-0.05, 0) is 47.0 Å². The Morgan fingerprint density at radius 3 is 2.53 bits per heavy atom. The van der Waals surface area contributed by atoms with E-state index in [0.29, 0.717) is 34.8 Å². The van der Waals surface area contributed by atoms with Crippen molar-refractivity contribution in [1.82, 2.24) is 4.98 Å². The number of nitrogens with two attached hydrogens (primary N) is 1. The molecule has 6 nitrogen and oxygen atoms in total. The molecule has 0 spiro atoms. The van der Waals surface area contributed by atoms with E-state index in [1.54, 1.807) is 42.7 Å². The predicted octanol–water partition coefficient (Wildman–Crippen LogP) is 5.13. The lowest BCUT2D eigenvalue weighted by Gasteiger charge is -2.27. The highest BCUT2D eigenvalue weighted by Gasteiger charge is 2.29. The molecule has 6 heteroatoms. The zero-order valence-corrected chi connectivity index (χ0v) is 18.3. The molecule has 5 rings (SSSR count). The number of primary amides is 1. The van der Waals surface area contributed by atoms with Gasteiger partial charge in [-0.15, -0.1) is 0 Å². The predicted molar refractivity (Wildman–Crippen MR) is 128 cm³/mol. The molecule has 0 bridgehead atoms. The van der Waals surface area contributed by atoms with Gasteiger partial charge < -0.3 is 15.2 Å². The number of pyridine rings is 1. The highest BCUT2D eigenvalue weighted by Crippen LogP contribution is 2.42. The molecule has 1 amide bonds. The van der Waals surface area contributed by atoms with E-state index in [1.807, 2.05) is 48.5 Å². The molecule has 0 fully saturated rings. The van der Waals surface area contributed by atoms with Crippen LogP contribution < -0.4 is 15.2 Å². The molecule has 1 unspecified atom stereocenters. The number of hydrogen-bond acceptors (Lipinski definition) is 5. The summed E-state index contributed by atoms with van der Waals surface area (Å²) in [6, 6.07) is 23.9. The van der Waals surface area contributed by atoms with Crippen LogP contribution in [0.15, 0.2) is 91.3 Å². The third-order valence-corrected chi connectivity index (χ3v) is 5.80. The molecule has 1 aliphatic rings. The van der Waals surface area contributed by atoms with Crippen LogP contribution in [0.25, 0.3) is 11.1 Å². The number of ether oxygens (including phenoxy) is 2. The first-order chi connectivity index (χ1) is 16.6. The lowest BCUT2D eigenvalue weighted by atomic mass is 9.92. The molecule has 2 heterocycles. The maximum absolute atomic E-state index is 13.1. The Morgan fingerprint density at radius 2 is 1.76 bits per heavy atom. The summed E-state index contributed by atoms with van der Waals surface area (Å²) >= 11 is 0. The van der Waals surface area contributed by atoms with E-state index >= 15 is 0 Å². The van der Waals surface area contributed by atoms with Crippen molar-refractivity contribution in [1.29, 1.82) is 0 Å². The topological polar surface area (TPSA) is 91.5 Å². The van der Waals surface area contributed by atoms with E-state index in [0.717, 1.165) is 16.7 Å². The minimum atomic E-state index is -0.524. The van der Waals surface area contributed by atoms with Crippen LogP contribution in [0.2, 0.25) is 0 Å². The first-order valence-corrected chi connectivity index (χ1v) is 10.9. The summed E-state index contributed by atoms with van der Waals surface area (Å²) in [6.45, 7) is 0.305. The summed E-state index contributed by atoms with van der Waals surface area (Å²) in [7, 11) is 0. The standard InChI is InChI=1S/C28H22N2O4/c29-28(32)21-8-4-7-20(13-21)22-14-23-24(31)15-25(19-5-2-1-3-6-19)34-27(23)16-26(22)33-17-18-9-11-30-12-10-18/h1-14,16,25H,15,17H2,(H2,29,32). The lowest BCUT2D eigenvalue weighted by molar-refractivity contribution is 0.0849. The van der Waals surface area contributed by atoms with Crippen LogP contribution in [-0.2, 0) is 6.61 Å². The van der Waals surface area contributed by atoms with E-state index in [9.17, 15) is 9.59 Å².